The molecule has 0 N–H and O–H groups in total. The van der Waals surface area contributed by atoms with E-state index in [1.54, 1.807) is 0 Å². The fourth-order valence-corrected chi connectivity index (χ4v) is 1.18. The fourth-order valence-electron chi connectivity index (χ4n) is 0.451. The van der Waals surface area contributed by atoms with Crippen LogP contribution in [0, 0.1) is 0 Å². The summed E-state index contributed by atoms with van der Waals surface area (Å²) in [5.74, 6) is -0.760. The second kappa shape index (κ2) is 4.64. The van der Waals surface area contributed by atoms with Crippen LogP contribution >= 0.6 is 11.6 Å². The lowest BCUT2D eigenvalue weighted by Crippen LogP contribution is -2.25. The molecule has 0 saturated heterocycles. The maximum atomic E-state index is 10.7. The highest BCUT2D eigenvalue weighted by Crippen LogP contribution is 2.03. The average Bonchev–Trinajstić information content (AvgIpc) is 2.02. The van der Waals surface area contributed by atoms with Crippen molar-refractivity contribution in [2.24, 2.45) is 0 Å². The Labute approximate surface area is 75.7 Å². The summed E-state index contributed by atoms with van der Waals surface area (Å²) in [6.07, 6.45) is -1.15. The van der Waals surface area contributed by atoms with E-state index in [0.29, 0.717) is 0 Å². The van der Waals surface area contributed by atoms with Gasteiger partial charge < -0.3 is 4.74 Å². The van der Waals surface area contributed by atoms with Gasteiger partial charge in [0.2, 0.25) is 0 Å². The third-order valence-corrected chi connectivity index (χ3v) is 2.61. The molecule has 0 bridgehead atoms. The predicted molar refractivity (Wildman–Crippen MR) is 42.2 cm³/mol. The van der Waals surface area contributed by atoms with Crippen molar-refractivity contribution in [2.45, 2.75) is 13.0 Å². The molecule has 5 nitrogen and oxygen atoms in total. The van der Waals surface area contributed by atoms with Crippen LogP contribution < -0.4 is 0 Å². The highest BCUT2D eigenvalue weighted by Gasteiger charge is 2.21. The van der Waals surface area contributed by atoms with Crippen LogP contribution in [-0.2, 0) is 23.8 Å². The Morgan fingerprint density at radius 3 is 2.42 bits per heavy atom. The zero-order valence-corrected chi connectivity index (χ0v) is 8.18. The minimum Gasteiger partial charge on any atom is -0.467 e. The summed E-state index contributed by atoms with van der Waals surface area (Å²) in [5, 5.41) is -0.686. The first-order valence-electron chi connectivity index (χ1n) is 2.97. The smallest absolute Gasteiger partial charge is 0.336 e. The first-order chi connectivity index (χ1) is 5.43. The summed E-state index contributed by atoms with van der Waals surface area (Å²) in [4.78, 5) is 10.7. The van der Waals surface area contributed by atoms with Crippen LogP contribution in [0.1, 0.15) is 6.92 Å². The van der Waals surface area contributed by atoms with Crippen LogP contribution in [0.3, 0.4) is 0 Å². The quantitative estimate of drug-likeness (QED) is 0.379. The zero-order chi connectivity index (χ0) is 9.78. The minimum atomic E-state index is -3.81. The molecule has 0 heterocycles. The molecule has 72 valence electrons. The number of hydrogen-bond donors (Lipinski definition) is 0. The number of esters is 1. The van der Waals surface area contributed by atoms with Crippen molar-refractivity contribution >= 4 is 27.7 Å². The van der Waals surface area contributed by atoms with Crippen LogP contribution in [0.25, 0.3) is 0 Å². The first kappa shape index (κ1) is 11.7. The van der Waals surface area contributed by atoms with E-state index in [4.69, 9.17) is 11.6 Å². The number of hydrogen-bond acceptors (Lipinski definition) is 5. The number of alkyl halides is 1. The largest absolute Gasteiger partial charge is 0.467 e. The zero-order valence-electron chi connectivity index (χ0n) is 6.61. The van der Waals surface area contributed by atoms with Gasteiger partial charge in [-0.05, 0) is 6.92 Å². The topological polar surface area (TPSA) is 69.7 Å². The van der Waals surface area contributed by atoms with Gasteiger partial charge in [-0.15, -0.1) is 11.6 Å². The van der Waals surface area contributed by atoms with Gasteiger partial charge >= 0.3 is 5.97 Å². The Hall–Kier alpha value is -0.330. The van der Waals surface area contributed by atoms with Gasteiger partial charge in [-0.1, -0.05) is 0 Å². The molecule has 0 rings (SSSR count). The Bertz CT molecular complexity index is 247. The molecule has 1 atom stereocenters. The van der Waals surface area contributed by atoms with Gasteiger partial charge in [0.05, 0.1) is 7.11 Å². The van der Waals surface area contributed by atoms with Crippen molar-refractivity contribution in [1.82, 2.24) is 0 Å². The van der Waals surface area contributed by atoms with Crippen LogP contribution in [0.4, 0.5) is 0 Å². The highest BCUT2D eigenvalue weighted by molar-refractivity contribution is 7.87. The predicted octanol–water partition coefficient (Wildman–Crippen LogP) is 0.0906. The van der Waals surface area contributed by atoms with Crippen LogP contribution in [-0.4, -0.2) is 32.8 Å². The second-order valence-electron chi connectivity index (χ2n) is 1.93. The summed E-state index contributed by atoms with van der Waals surface area (Å²) in [6, 6.07) is 0. The molecule has 0 aliphatic heterocycles. The normalized spacial score (nSPS) is 13.9. The molecule has 0 aromatic heterocycles. The van der Waals surface area contributed by atoms with E-state index in [1.165, 1.54) is 6.92 Å². The molecule has 0 spiro atoms. The Balaban J connectivity index is 4.19. The van der Waals surface area contributed by atoms with Crippen LogP contribution in [0.5, 0.6) is 0 Å². The number of carbonyl (C=O) groups excluding carboxylic acids is 1. The Kier molecular flexibility index (Phi) is 4.51. The maximum absolute atomic E-state index is 10.7. The van der Waals surface area contributed by atoms with Crippen LogP contribution in [0.15, 0.2) is 0 Å². The van der Waals surface area contributed by atoms with Gasteiger partial charge in [-0.25, -0.2) is 4.79 Å². The molecule has 0 aromatic carbocycles. The molecule has 0 radical (unpaired) electrons. The minimum absolute atomic E-state index is 0.686. The van der Waals surface area contributed by atoms with Gasteiger partial charge in [0.15, 0.2) is 6.10 Å². The summed E-state index contributed by atoms with van der Waals surface area (Å²) < 4.78 is 29.9. The third kappa shape index (κ3) is 3.89. The van der Waals surface area contributed by atoms with Crippen molar-refractivity contribution in [3.05, 3.63) is 0 Å². The fraction of sp³-hybridized carbons (Fsp3) is 0.800. The van der Waals surface area contributed by atoms with Crippen molar-refractivity contribution in [1.29, 1.82) is 0 Å². The van der Waals surface area contributed by atoms with Crippen molar-refractivity contribution in [2.75, 3.05) is 12.3 Å². The Morgan fingerprint density at radius 2 is 2.08 bits per heavy atom. The summed E-state index contributed by atoms with van der Waals surface area (Å²) in [6.45, 7) is 1.26. The molecule has 12 heavy (non-hydrogen) atoms. The standard InChI is InChI=1S/C5H9ClO5S/c1-4(5(7)10-2)11-12(8,9)3-6/h4H,3H2,1-2H3/t4-/m0/s1. The Morgan fingerprint density at radius 1 is 1.58 bits per heavy atom. The van der Waals surface area contributed by atoms with Crippen molar-refractivity contribution in [3.8, 4) is 0 Å². The van der Waals surface area contributed by atoms with E-state index >= 15 is 0 Å². The highest BCUT2D eigenvalue weighted by atomic mass is 35.5. The SMILES string of the molecule is COC(=O)[C@H](C)OS(=O)(=O)CCl. The van der Waals surface area contributed by atoms with Crippen LogP contribution in [0.2, 0.25) is 0 Å². The number of rotatable bonds is 4. The van der Waals surface area contributed by atoms with Gasteiger partial charge in [-0.3, -0.25) is 4.18 Å². The number of ether oxygens (including phenoxy) is 1. The van der Waals surface area contributed by atoms with Gasteiger partial charge in [0.1, 0.15) is 5.21 Å². The van der Waals surface area contributed by atoms with Crippen molar-refractivity contribution < 1.29 is 22.1 Å². The third-order valence-electron chi connectivity index (χ3n) is 0.958. The van der Waals surface area contributed by atoms with E-state index in [9.17, 15) is 13.2 Å². The summed E-state index contributed by atoms with van der Waals surface area (Å²) in [7, 11) is -2.67. The summed E-state index contributed by atoms with van der Waals surface area (Å²) >= 11 is 5.02. The van der Waals surface area contributed by atoms with E-state index in [1.807, 2.05) is 0 Å². The molecule has 0 aliphatic carbocycles. The average molecular weight is 217 g/mol. The monoisotopic (exact) mass is 216 g/mol. The van der Waals surface area contributed by atoms with Gasteiger partial charge in [0.25, 0.3) is 10.1 Å². The van der Waals surface area contributed by atoms with Gasteiger partial charge in [-0.2, -0.15) is 8.42 Å². The van der Waals surface area contributed by atoms with E-state index in [2.05, 4.69) is 8.92 Å². The molecular formula is C5H9ClO5S. The second-order valence-corrected chi connectivity index (χ2v) is 4.11. The lowest BCUT2D eigenvalue weighted by atomic mass is 10.4. The number of halogens is 1. The maximum Gasteiger partial charge on any atom is 0.336 e. The summed E-state index contributed by atoms with van der Waals surface area (Å²) in [5.41, 5.74) is 0. The van der Waals surface area contributed by atoms with E-state index in [-0.39, 0.29) is 0 Å². The molecule has 0 unspecified atom stereocenters. The molecule has 0 aliphatic rings. The van der Waals surface area contributed by atoms with Crippen molar-refractivity contribution in [3.63, 3.8) is 0 Å². The first-order valence-corrected chi connectivity index (χ1v) is 5.09. The molecule has 0 amide bonds. The van der Waals surface area contributed by atoms with E-state index < -0.39 is 27.4 Å². The number of carbonyl (C=O) groups is 1. The number of methoxy groups -OCH3 is 1. The molecule has 0 fully saturated rings. The molecular weight excluding hydrogens is 208 g/mol. The lowest BCUT2D eigenvalue weighted by molar-refractivity contribution is -0.147. The molecule has 0 aromatic rings. The van der Waals surface area contributed by atoms with E-state index in [0.717, 1.165) is 7.11 Å². The molecule has 0 saturated carbocycles. The lowest BCUT2D eigenvalue weighted by Gasteiger charge is -2.08. The van der Waals surface area contributed by atoms with Gasteiger partial charge in [0, 0.05) is 0 Å². The molecule has 7 heteroatoms.